The zero-order valence-corrected chi connectivity index (χ0v) is 13.0. The topological polar surface area (TPSA) is 92.7 Å². The Morgan fingerprint density at radius 1 is 1.00 bits per heavy atom. The molecule has 25 heavy (non-hydrogen) atoms. The molecule has 2 aromatic carbocycles. The van der Waals surface area contributed by atoms with Gasteiger partial charge in [0, 0.05) is 22.7 Å². The number of nitrogens with one attached hydrogen (secondary N) is 2. The molecule has 2 heterocycles. The highest BCUT2D eigenvalue weighted by Crippen LogP contribution is 2.18. The number of hydrogen-bond donors (Lipinski definition) is 2. The number of carbonyl (C=O) groups is 1. The van der Waals surface area contributed by atoms with Crippen LogP contribution < -0.4 is 10.9 Å². The van der Waals surface area contributed by atoms with Crippen LogP contribution in [0.3, 0.4) is 0 Å². The number of para-hydroxylation sites is 1. The second-order valence-electron chi connectivity index (χ2n) is 5.39. The number of hydrogen-bond acceptors (Lipinski definition) is 4. The lowest BCUT2D eigenvalue weighted by molar-refractivity contribution is 0.102. The minimum atomic E-state index is -0.377. The molecule has 122 valence electrons. The van der Waals surface area contributed by atoms with Crippen molar-refractivity contribution in [1.82, 2.24) is 19.7 Å². The highest BCUT2D eigenvalue weighted by Gasteiger charge is 2.16. The molecular weight excluding hydrogens is 318 g/mol. The zero-order valence-electron chi connectivity index (χ0n) is 13.0. The third-order valence-electron chi connectivity index (χ3n) is 3.85. The minimum absolute atomic E-state index is 0.182. The number of aromatic amines is 1. The third-order valence-corrected chi connectivity index (χ3v) is 3.85. The molecule has 2 aromatic heterocycles. The average molecular weight is 331 g/mol. The summed E-state index contributed by atoms with van der Waals surface area (Å²) < 4.78 is 1.47. The molecule has 7 nitrogen and oxygen atoms in total. The summed E-state index contributed by atoms with van der Waals surface area (Å²) in [6, 6.07) is 16.2. The number of benzene rings is 2. The van der Waals surface area contributed by atoms with Gasteiger partial charge < -0.3 is 0 Å². The predicted molar refractivity (Wildman–Crippen MR) is 93.9 cm³/mol. The van der Waals surface area contributed by atoms with Crippen LogP contribution in [0.2, 0.25) is 0 Å². The van der Waals surface area contributed by atoms with Crippen LogP contribution in [0.25, 0.3) is 16.5 Å². The fourth-order valence-electron chi connectivity index (χ4n) is 2.69. The molecule has 0 unspecified atom stereocenters. The Morgan fingerprint density at radius 3 is 2.44 bits per heavy atom. The number of amides is 1. The molecule has 0 aliphatic heterocycles. The molecule has 4 aromatic rings. The lowest BCUT2D eigenvalue weighted by atomic mass is 10.1. The molecule has 0 saturated carbocycles. The van der Waals surface area contributed by atoms with E-state index in [0.29, 0.717) is 22.0 Å². The molecule has 0 spiro atoms. The van der Waals surface area contributed by atoms with E-state index in [1.165, 1.54) is 10.9 Å². The highest BCUT2D eigenvalue weighted by molar-refractivity contribution is 6.12. The Balaban J connectivity index is 1.92. The number of anilines is 1. The van der Waals surface area contributed by atoms with Crippen LogP contribution in [0.1, 0.15) is 10.4 Å². The molecule has 7 heteroatoms. The van der Waals surface area contributed by atoms with E-state index in [-0.39, 0.29) is 17.4 Å². The molecule has 0 radical (unpaired) electrons. The minimum Gasteiger partial charge on any atom is -0.291 e. The van der Waals surface area contributed by atoms with Crippen molar-refractivity contribution in [3.05, 3.63) is 83.0 Å². The summed E-state index contributed by atoms with van der Waals surface area (Å²) in [7, 11) is 0. The largest absolute Gasteiger partial charge is 0.291 e. The molecule has 2 N–H and O–H groups in total. The number of nitrogens with zero attached hydrogens (tertiary/aromatic N) is 3. The molecule has 0 atom stereocenters. The first kappa shape index (κ1) is 14.8. The number of pyridine rings is 1. The molecule has 0 bridgehead atoms. The van der Waals surface area contributed by atoms with Crippen molar-refractivity contribution in [3.8, 4) is 5.69 Å². The van der Waals surface area contributed by atoms with E-state index in [4.69, 9.17) is 0 Å². The van der Waals surface area contributed by atoms with Gasteiger partial charge in [0.05, 0.1) is 5.56 Å². The lowest BCUT2D eigenvalue weighted by Crippen LogP contribution is -2.22. The first-order valence-corrected chi connectivity index (χ1v) is 7.60. The molecule has 0 fully saturated rings. The quantitative estimate of drug-likeness (QED) is 0.603. The van der Waals surface area contributed by atoms with Crippen LogP contribution >= 0.6 is 0 Å². The smallest absolute Gasteiger partial charge is 0.262 e. The van der Waals surface area contributed by atoms with Crippen molar-refractivity contribution >= 4 is 22.6 Å². The fraction of sp³-hybridized carbons (Fsp3) is 0. The van der Waals surface area contributed by atoms with Crippen molar-refractivity contribution < 1.29 is 4.79 Å². The summed E-state index contributed by atoms with van der Waals surface area (Å²) in [6.45, 7) is 0. The summed E-state index contributed by atoms with van der Waals surface area (Å²) >= 11 is 0. The molecule has 0 saturated heterocycles. The zero-order chi connectivity index (χ0) is 17.2. The van der Waals surface area contributed by atoms with Crippen LogP contribution in [0, 0.1) is 0 Å². The number of H-pyrrole nitrogens is 1. The number of carbonyl (C=O) groups excluding carboxylic acids is 1. The average Bonchev–Trinajstić information content (AvgIpc) is 3.16. The van der Waals surface area contributed by atoms with Crippen molar-refractivity contribution in [2.75, 3.05) is 5.32 Å². The van der Waals surface area contributed by atoms with Gasteiger partial charge in [-0.3, -0.25) is 19.5 Å². The first-order chi connectivity index (χ1) is 12.2. The van der Waals surface area contributed by atoms with Crippen LogP contribution in [-0.2, 0) is 0 Å². The second-order valence-corrected chi connectivity index (χ2v) is 5.39. The Labute approximate surface area is 142 Å². The monoisotopic (exact) mass is 331 g/mol. The maximum Gasteiger partial charge on any atom is 0.262 e. The van der Waals surface area contributed by atoms with Gasteiger partial charge in [-0.25, -0.2) is 5.10 Å². The number of fused-ring (bicyclic) bond motifs is 1. The molecular formula is C18H13N5O2. The highest BCUT2D eigenvalue weighted by atomic mass is 16.2. The second kappa shape index (κ2) is 6.04. The van der Waals surface area contributed by atoms with Crippen LogP contribution in [0.4, 0.5) is 5.95 Å². The van der Waals surface area contributed by atoms with Gasteiger partial charge in [-0.15, -0.1) is 0 Å². The van der Waals surface area contributed by atoms with Gasteiger partial charge in [-0.1, -0.05) is 36.4 Å². The lowest BCUT2D eigenvalue weighted by Gasteiger charge is -2.12. The van der Waals surface area contributed by atoms with E-state index in [0.717, 1.165) is 0 Å². The Kier molecular flexibility index (Phi) is 3.59. The summed E-state index contributed by atoms with van der Waals surface area (Å²) in [5, 5.41) is 9.98. The van der Waals surface area contributed by atoms with E-state index in [1.807, 2.05) is 30.3 Å². The van der Waals surface area contributed by atoms with Crippen molar-refractivity contribution in [2.45, 2.75) is 0 Å². The maximum absolute atomic E-state index is 12.8. The Bertz CT molecular complexity index is 1100. The van der Waals surface area contributed by atoms with Crippen LogP contribution in [0.15, 0.2) is 71.9 Å². The SMILES string of the molecule is O=C(Nc1ncn[nH]1)c1cn(-c2ccccc2)c(=O)c2ccccc12. The van der Waals surface area contributed by atoms with Gasteiger partial charge in [0.15, 0.2) is 0 Å². The standard InChI is InChI=1S/C18H13N5O2/c24-16(21-18-19-11-20-22-18)15-10-23(12-6-2-1-3-7-12)17(25)14-9-5-4-8-13(14)15/h1-11H,(H2,19,20,21,22,24). The van der Waals surface area contributed by atoms with E-state index in [1.54, 1.807) is 30.5 Å². The van der Waals surface area contributed by atoms with Gasteiger partial charge in [0.2, 0.25) is 5.95 Å². The normalized spacial score (nSPS) is 10.7. The fourth-order valence-corrected chi connectivity index (χ4v) is 2.69. The Hall–Kier alpha value is -3.74. The summed E-state index contributed by atoms with van der Waals surface area (Å²) in [5.41, 5.74) is 0.875. The van der Waals surface area contributed by atoms with Crippen molar-refractivity contribution in [2.24, 2.45) is 0 Å². The molecule has 1 amide bonds. The van der Waals surface area contributed by atoms with Crippen LogP contribution in [-0.4, -0.2) is 25.7 Å². The number of aromatic nitrogens is 4. The maximum atomic E-state index is 12.8. The molecule has 4 rings (SSSR count). The Morgan fingerprint density at radius 2 is 1.72 bits per heavy atom. The van der Waals surface area contributed by atoms with Gasteiger partial charge in [-0.2, -0.15) is 10.1 Å². The van der Waals surface area contributed by atoms with E-state index < -0.39 is 0 Å². The number of rotatable bonds is 3. The van der Waals surface area contributed by atoms with Gasteiger partial charge in [0.1, 0.15) is 6.33 Å². The van der Waals surface area contributed by atoms with Gasteiger partial charge >= 0.3 is 0 Å². The molecule has 0 aliphatic carbocycles. The predicted octanol–water partition coefficient (Wildman–Crippen LogP) is 2.36. The first-order valence-electron chi connectivity index (χ1n) is 7.60. The van der Waals surface area contributed by atoms with E-state index >= 15 is 0 Å². The van der Waals surface area contributed by atoms with Crippen molar-refractivity contribution in [3.63, 3.8) is 0 Å². The van der Waals surface area contributed by atoms with Crippen molar-refractivity contribution in [1.29, 1.82) is 0 Å². The van der Waals surface area contributed by atoms with E-state index in [2.05, 4.69) is 20.5 Å². The van der Waals surface area contributed by atoms with E-state index in [9.17, 15) is 9.59 Å². The summed E-state index contributed by atoms with van der Waals surface area (Å²) in [4.78, 5) is 29.4. The summed E-state index contributed by atoms with van der Waals surface area (Å²) in [5.74, 6) is -0.135. The van der Waals surface area contributed by atoms with Gasteiger partial charge in [0.25, 0.3) is 11.5 Å². The van der Waals surface area contributed by atoms with Gasteiger partial charge in [-0.05, 0) is 18.2 Å². The van der Waals surface area contributed by atoms with Crippen LogP contribution in [0.5, 0.6) is 0 Å². The third kappa shape index (κ3) is 2.67. The summed E-state index contributed by atoms with van der Waals surface area (Å²) in [6.07, 6.45) is 2.85. The molecule has 0 aliphatic rings.